The van der Waals surface area contributed by atoms with Crippen molar-refractivity contribution in [2.24, 2.45) is 5.84 Å². The van der Waals surface area contributed by atoms with Crippen molar-refractivity contribution < 1.29 is 0 Å². The smallest absolute Gasteiger partial charge is 0.0644 e. The van der Waals surface area contributed by atoms with E-state index in [1.54, 1.807) is 0 Å². The highest BCUT2D eigenvalue weighted by atomic mass is 35.5. The molecule has 0 fully saturated rings. The van der Waals surface area contributed by atoms with Gasteiger partial charge in [-0.25, -0.2) is 0 Å². The quantitative estimate of drug-likeness (QED) is 0.657. The van der Waals surface area contributed by atoms with Gasteiger partial charge in [0.05, 0.1) is 11.7 Å². The highest BCUT2D eigenvalue weighted by Crippen LogP contribution is 2.24. The zero-order valence-corrected chi connectivity index (χ0v) is 12.9. The Morgan fingerprint density at radius 1 is 1.35 bits per heavy atom. The Kier molecular flexibility index (Phi) is 4.81. The van der Waals surface area contributed by atoms with Gasteiger partial charge in [-0.15, -0.1) is 0 Å². The fraction of sp³-hybridized carbons (Fsp3) is 0.400. The van der Waals surface area contributed by atoms with Crippen LogP contribution < -0.4 is 11.3 Å². The van der Waals surface area contributed by atoms with E-state index in [1.807, 2.05) is 35.1 Å². The second-order valence-corrected chi connectivity index (χ2v) is 5.74. The lowest BCUT2D eigenvalue weighted by molar-refractivity contribution is 0.506. The molecule has 20 heavy (non-hydrogen) atoms. The van der Waals surface area contributed by atoms with Crippen molar-refractivity contribution in [1.82, 2.24) is 15.2 Å². The largest absolute Gasteiger partial charge is 0.271 e. The molecule has 1 aromatic carbocycles. The molecular weight excluding hydrogens is 272 g/mol. The maximum Gasteiger partial charge on any atom is 0.0644 e. The third kappa shape index (κ3) is 3.39. The Morgan fingerprint density at radius 3 is 2.70 bits per heavy atom. The van der Waals surface area contributed by atoms with E-state index in [4.69, 9.17) is 17.4 Å². The molecule has 0 aliphatic carbocycles. The van der Waals surface area contributed by atoms with Crippen LogP contribution in [0.4, 0.5) is 0 Å². The van der Waals surface area contributed by atoms with Gasteiger partial charge in [0.1, 0.15) is 0 Å². The van der Waals surface area contributed by atoms with E-state index >= 15 is 0 Å². The van der Waals surface area contributed by atoms with Crippen molar-refractivity contribution in [2.75, 3.05) is 0 Å². The lowest BCUT2D eigenvalue weighted by atomic mass is 9.98. The predicted octanol–water partition coefficient (Wildman–Crippen LogP) is 3.17. The van der Waals surface area contributed by atoms with Gasteiger partial charge in [-0.05, 0) is 50.1 Å². The molecule has 2 rings (SSSR count). The number of nitrogens with two attached hydrogens (primary N) is 1. The molecule has 108 valence electrons. The Morgan fingerprint density at radius 2 is 2.10 bits per heavy atom. The van der Waals surface area contributed by atoms with Crippen LogP contribution in [0.15, 0.2) is 30.5 Å². The lowest BCUT2D eigenvalue weighted by Crippen LogP contribution is -2.30. The third-order valence-corrected chi connectivity index (χ3v) is 3.66. The van der Waals surface area contributed by atoms with Crippen LogP contribution >= 0.6 is 11.6 Å². The molecule has 0 saturated heterocycles. The van der Waals surface area contributed by atoms with Crippen molar-refractivity contribution in [1.29, 1.82) is 0 Å². The van der Waals surface area contributed by atoms with E-state index in [0.717, 1.165) is 22.7 Å². The van der Waals surface area contributed by atoms with E-state index in [1.165, 1.54) is 5.56 Å². The first kappa shape index (κ1) is 15.0. The SMILES string of the molecule is Cc1ccc(Cl)cc1C(Cc1ccn(C(C)C)n1)NN. The first-order chi connectivity index (χ1) is 9.51. The minimum Gasteiger partial charge on any atom is -0.271 e. The van der Waals surface area contributed by atoms with Gasteiger partial charge in [0.2, 0.25) is 0 Å². The summed E-state index contributed by atoms with van der Waals surface area (Å²) in [5, 5.41) is 5.28. The van der Waals surface area contributed by atoms with Crippen LogP contribution in [0.3, 0.4) is 0 Å². The van der Waals surface area contributed by atoms with Gasteiger partial charge < -0.3 is 0 Å². The maximum absolute atomic E-state index is 6.08. The predicted molar refractivity (Wildman–Crippen MR) is 82.6 cm³/mol. The molecule has 1 heterocycles. The van der Waals surface area contributed by atoms with Crippen molar-refractivity contribution in [3.8, 4) is 0 Å². The molecule has 1 aromatic heterocycles. The Balaban J connectivity index is 2.21. The summed E-state index contributed by atoms with van der Waals surface area (Å²) in [6.07, 6.45) is 2.73. The number of nitrogens with one attached hydrogen (secondary N) is 1. The molecule has 0 aliphatic rings. The second kappa shape index (κ2) is 6.39. The standard InChI is InChI=1S/C15H21ClN4/c1-10(2)20-7-6-13(19-20)9-15(18-17)14-8-12(16)5-4-11(14)3/h4-8,10,15,18H,9,17H2,1-3H3. The highest BCUT2D eigenvalue weighted by molar-refractivity contribution is 6.30. The molecule has 1 unspecified atom stereocenters. The van der Waals surface area contributed by atoms with Crippen molar-refractivity contribution in [3.63, 3.8) is 0 Å². The number of halogens is 1. The summed E-state index contributed by atoms with van der Waals surface area (Å²) in [4.78, 5) is 0. The molecule has 4 nitrogen and oxygen atoms in total. The van der Waals surface area contributed by atoms with Crippen molar-refractivity contribution in [3.05, 3.63) is 52.3 Å². The van der Waals surface area contributed by atoms with Gasteiger partial charge in [-0.1, -0.05) is 17.7 Å². The highest BCUT2D eigenvalue weighted by Gasteiger charge is 2.15. The number of hydrazine groups is 1. The molecule has 5 heteroatoms. The molecule has 0 radical (unpaired) electrons. The zero-order valence-electron chi connectivity index (χ0n) is 12.1. The number of aromatic nitrogens is 2. The molecule has 0 bridgehead atoms. The minimum atomic E-state index is 0.00390. The molecule has 3 N–H and O–H groups in total. The van der Waals surface area contributed by atoms with E-state index in [0.29, 0.717) is 6.04 Å². The first-order valence-corrected chi connectivity index (χ1v) is 7.15. The summed E-state index contributed by atoms with van der Waals surface area (Å²) >= 11 is 6.08. The number of aryl methyl sites for hydroxylation is 1. The Labute approximate surface area is 124 Å². The van der Waals surface area contributed by atoms with Crippen LogP contribution in [0.5, 0.6) is 0 Å². The number of hydrogen-bond acceptors (Lipinski definition) is 3. The van der Waals surface area contributed by atoms with E-state index < -0.39 is 0 Å². The molecule has 0 amide bonds. The van der Waals surface area contributed by atoms with Crippen LogP contribution in [0.25, 0.3) is 0 Å². The summed E-state index contributed by atoms with van der Waals surface area (Å²) in [5.41, 5.74) is 6.16. The fourth-order valence-electron chi connectivity index (χ4n) is 2.23. The number of nitrogens with zero attached hydrogens (tertiary/aromatic N) is 2. The lowest BCUT2D eigenvalue weighted by Gasteiger charge is -2.18. The second-order valence-electron chi connectivity index (χ2n) is 5.31. The zero-order chi connectivity index (χ0) is 14.7. The Hall–Kier alpha value is -1.36. The average Bonchev–Trinajstić information content (AvgIpc) is 2.88. The summed E-state index contributed by atoms with van der Waals surface area (Å²) in [6, 6.07) is 8.26. The topological polar surface area (TPSA) is 55.9 Å². The third-order valence-electron chi connectivity index (χ3n) is 3.42. The molecule has 2 aromatic rings. The van der Waals surface area contributed by atoms with Gasteiger partial charge in [-0.3, -0.25) is 16.0 Å². The number of benzene rings is 1. The number of rotatable bonds is 5. The maximum atomic E-state index is 6.08. The molecular formula is C15H21ClN4. The van der Waals surface area contributed by atoms with Gasteiger partial charge in [0.25, 0.3) is 0 Å². The first-order valence-electron chi connectivity index (χ1n) is 6.77. The van der Waals surface area contributed by atoms with Gasteiger partial charge in [0, 0.05) is 23.7 Å². The summed E-state index contributed by atoms with van der Waals surface area (Å²) < 4.78 is 1.95. The fourth-order valence-corrected chi connectivity index (χ4v) is 2.41. The molecule has 0 aliphatic heterocycles. The van der Waals surface area contributed by atoms with Crippen molar-refractivity contribution in [2.45, 2.75) is 39.3 Å². The van der Waals surface area contributed by atoms with Crippen LogP contribution in [0.1, 0.15) is 42.8 Å². The van der Waals surface area contributed by atoms with E-state index in [-0.39, 0.29) is 6.04 Å². The molecule has 0 spiro atoms. The summed E-state index contributed by atoms with van der Waals surface area (Å²) in [5.74, 6) is 5.71. The van der Waals surface area contributed by atoms with Crippen LogP contribution in [-0.2, 0) is 6.42 Å². The van der Waals surface area contributed by atoms with Gasteiger partial charge in [0.15, 0.2) is 0 Å². The van der Waals surface area contributed by atoms with E-state index in [9.17, 15) is 0 Å². The van der Waals surface area contributed by atoms with E-state index in [2.05, 4.69) is 31.3 Å². The normalized spacial score (nSPS) is 12.9. The van der Waals surface area contributed by atoms with Crippen LogP contribution in [0, 0.1) is 6.92 Å². The monoisotopic (exact) mass is 292 g/mol. The van der Waals surface area contributed by atoms with Crippen LogP contribution in [-0.4, -0.2) is 9.78 Å². The summed E-state index contributed by atoms with van der Waals surface area (Å²) in [7, 11) is 0. The summed E-state index contributed by atoms with van der Waals surface area (Å²) in [6.45, 7) is 6.27. The number of hydrogen-bond donors (Lipinski definition) is 2. The molecule has 1 atom stereocenters. The van der Waals surface area contributed by atoms with Crippen molar-refractivity contribution >= 4 is 11.6 Å². The average molecular weight is 293 g/mol. The van der Waals surface area contributed by atoms with Crippen LogP contribution in [0.2, 0.25) is 5.02 Å². The van der Waals surface area contributed by atoms with Gasteiger partial charge in [-0.2, -0.15) is 5.10 Å². The minimum absolute atomic E-state index is 0.00390. The Bertz CT molecular complexity index is 577. The van der Waals surface area contributed by atoms with Gasteiger partial charge >= 0.3 is 0 Å². The molecule has 0 saturated carbocycles.